The molecule has 1 N–H and O–H groups in total. The maximum Gasteiger partial charge on any atom is 0.0742 e. The average molecular weight is 261 g/mol. The van der Waals surface area contributed by atoms with Gasteiger partial charge in [0.15, 0.2) is 0 Å². The monoisotopic (exact) mass is 261 g/mol. The van der Waals surface area contributed by atoms with Crippen molar-refractivity contribution >= 4 is 10.9 Å². The van der Waals surface area contributed by atoms with Gasteiger partial charge in [-0.15, -0.1) is 0 Å². The lowest BCUT2D eigenvalue weighted by Gasteiger charge is -2.07. The smallest absolute Gasteiger partial charge is 0.0742 e. The fourth-order valence-electron chi connectivity index (χ4n) is 2.31. The molecule has 0 fully saturated rings. The van der Waals surface area contributed by atoms with E-state index in [0.29, 0.717) is 0 Å². The van der Waals surface area contributed by atoms with Crippen molar-refractivity contribution in [1.82, 2.24) is 25.0 Å². The first-order chi connectivity index (χ1) is 9.92. The molecule has 3 heterocycles. The summed E-state index contributed by atoms with van der Waals surface area (Å²) in [5.74, 6) is 0. The molecule has 5 nitrogen and oxygen atoms in total. The number of hydrogen-bond donors (Lipinski definition) is 1. The molecular formula is C15H11N5. The minimum absolute atomic E-state index is 1.01. The second-order valence-electron chi connectivity index (χ2n) is 4.51. The van der Waals surface area contributed by atoms with Crippen LogP contribution in [-0.4, -0.2) is 25.0 Å². The number of benzene rings is 1. The van der Waals surface area contributed by atoms with Crippen LogP contribution >= 0.6 is 0 Å². The fourth-order valence-corrected chi connectivity index (χ4v) is 2.31. The third-order valence-corrected chi connectivity index (χ3v) is 3.29. The van der Waals surface area contributed by atoms with Crippen LogP contribution in [-0.2, 0) is 0 Å². The van der Waals surface area contributed by atoms with Crippen LogP contribution in [0.2, 0.25) is 0 Å². The number of nitrogens with zero attached hydrogens (tertiary/aromatic N) is 4. The van der Waals surface area contributed by atoms with E-state index in [1.165, 1.54) is 0 Å². The van der Waals surface area contributed by atoms with E-state index in [-0.39, 0.29) is 0 Å². The van der Waals surface area contributed by atoms with Crippen molar-refractivity contribution in [3.63, 3.8) is 0 Å². The van der Waals surface area contributed by atoms with Crippen LogP contribution in [0, 0.1) is 0 Å². The van der Waals surface area contributed by atoms with Gasteiger partial charge < -0.3 is 0 Å². The van der Waals surface area contributed by atoms with Gasteiger partial charge in [0, 0.05) is 23.3 Å². The molecule has 0 saturated carbocycles. The van der Waals surface area contributed by atoms with Crippen molar-refractivity contribution in [1.29, 1.82) is 0 Å². The lowest BCUT2D eigenvalue weighted by molar-refractivity contribution is 0.889. The minimum atomic E-state index is 1.01. The van der Waals surface area contributed by atoms with Crippen LogP contribution in [0.4, 0.5) is 0 Å². The second-order valence-corrected chi connectivity index (χ2v) is 4.51. The van der Waals surface area contributed by atoms with E-state index in [9.17, 15) is 0 Å². The number of rotatable bonds is 2. The number of fused-ring (bicyclic) bond motifs is 1. The zero-order chi connectivity index (χ0) is 13.4. The van der Waals surface area contributed by atoms with Crippen LogP contribution < -0.4 is 0 Å². The van der Waals surface area contributed by atoms with Crippen molar-refractivity contribution < 1.29 is 0 Å². The van der Waals surface area contributed by atoms with Crippen molar-refractivity contribution in [2.45, 2.75) is 0 Å². The van der Waals surface area contributed by atoms with Crippen LogP contribution in [0.5, 0.6) is 0 Å². The van der Waals surface area contributed by atoms with Crippen molar-refractivity contribution in [3.05, 3.63) is 61.2 Å². The van der Waals surface area contributed by atoms with Crippen LogP contribution in [0.1, 0.15) is 0 Å². The maximum atomic E-state index is 4.42. The highest BCUT2D eigenvalue weighted by molar-refractivity contribution is 5.80. The van der Waals surface area contributed by atoms with E-state index in [0.717, 1.165) is 27.8 Å². The van der Waals surface area contributed by atoms with Crippen LogP contribution in [0.3, 0.4) is 0 Å². The molecule has 0 spiro atoms. The first kappa shape index (κ1) is 10.9. The SMILES string of the molecule is c1cc(-c2ccnn2-c2ccc3[nH]ncc3c2)ccn1. The van der Waals surface area contributed by atoms with E-state index < -0.39 is 0 Å². The molecule has 0 aliphatic rings. The van der Waals surface area contributed by atoms with E-state index in [4.69, 9.17) is 0 Å². The molecule has 0 aliphatic heterocycles. The summed E-state index contributed by atoms with van der Waals surface area (Å²) in [6.45, 7) is 0. The Labute approximate surface area is 114 Å². The van der Waals surface area contributed by atoms with Crippen molar-refractivity contribution in [3.8, 4) is 16.9 Å². The molecule has 0 saturated heterocycles. The summed E-state index contributed by atoms with van der Waals surface area (Å²) in [6.07, 6.45) is 7.18. The second kappa shape index (κ2) is 4.31. The summed E-state index contributed by atoms with van der Waals surface area (Å²) in [5, 5.41) is 12.5. The predicted molar refractivity (Wildman–Crippen MR) is 76.4 cm³/mol. The Balaban J connectivity index is 1.88. The molecule has 3 aromatic heterocycles. The summed E-state index contributed by atoms with van der Waals surface area (Å²) in [4.78, 5) is 4.05. The molecule has 0 amide bonds. The zero-order valence-corrected chi connectivity index (χ0v) is 10.6. The van der Waals surface area contributed by atoms with Gasteiger partial charge in [-0.2, -0.15) is 10.2 Å². The number of aromatic nitrogens is 5. The van der Waals surface area contributed by atoms with Crippen molar-refractivity contribution in [2.75, 3.05) is 0 Å². The summed E-state index contributed by atoms with van der Waals surface area (Å²) in [5.41, 5.74) is 4.15. The Morgan fingerprint density at radius 3 is 2.75 bits per heavy atom. The normalized spacial score (nSPS) is 11.0. The van der Waals surface area contributed by atoms with Gasteiger partial charge >= 0.3 is 0 Å². The average Bonchev–Trinajstić information content (AvgIpc) is 3.16. The highest BCUT2D eigenvalue weighted by Crippen LogP contribution is 2.23. The van der Waals surface area contributed by atoms with Gasteiger partial charge in [-0.1, -0.05) is 0 Å². The third kappa shape index (κ3) is 1.68. The lowest BCUT2D eigenvalue weighted by atomic mass is 10.2. The Hall–Kier alpha value is -2.95. The first-order valence-electron chi connectivity index (χ1n) is 6.30. The number of aromatic amines is 1. The molecular weight excluding hydrogens is 250 g/mol. The highest BCUT2D eigenvalue weighted by Gasteiger charge is 2.08. The Bertz CT molecular complexity index is 860. The molecule has 0 atom stereocenters. The van der Waals surface area contributed by atoms with Gasteiger partial charge in [0.2, 0.25) is 0 Å². The lowest BCUT2D eigenvalue weighted by Crippen LogP contribution is -1.98. The minimum Gasteiger partial charge on any atom is -0.278 e. The Morgan fingerprint density at radius 1 is 0.950 bits per heavy atom. The Kier molecular flexibility index (Phi) is 2.35. The predicted octanol–water partition coefficient (Wildman–Crippen LogP) is 2.81. The molecule has 96 valence electrons. The number of nitrogens with one attached hydrogen (secondary N) is 1. The number of pyridine rings is 1. The van der Waals surface area contributed by atoms with Gasteiger partial charge in [-0.05, 0) is 36.4 Å². The van der Waals surface area contributed by atoms with Crippen molar-refractivity contribution in [2.24, 2.45) is 0 Å². The van der Waals surface area contributed by atoms with Gasteiger partial charge in [-0.25, -0.2) is 4.68 Å². The van der Waals surface area contributed by atoms with Gasteiger partial charge in [0.05, 0.1) is 29.3 Å². The van der Waals surface area contributed by atoms with Crippen LogP contribution in [0.15, 0.2) is 61.2 Å². The molecule has 0 radical (unpaired) electrons. The van der Waals surface area contributed by atoms with E-state index >= 15 is 0 Å². The number of hydrogen-bond acceptors (Lipinski definition) is 3. The number of H-pyrrole nitrogens is 1. The quantitative estimate of drug-likeness (QED) is 0.603. The molecule has 4 rings (SSSR count). The zero-order valence-electron chi connectivity index (χ0n) is 10.6. The standard InChI is InChI=1S/C15H11N5/c1-2-14-12(10-17-19-14)9-13(1)20-15(5-8-18-20)11-3-6-16-7-4-11/h1-10H,(H,17,19). The summed E-state index contributed by atoms with van der Waals surface area (Å²) >= 11 is 0. The molecule has 1 aromatic carbocycles. The molecule has 0 aliphatic carbocycles. The molecule has 0 bridgehead atoms. The summed E-state index contributed by atoms with van der Waals surface area (Å²) in [6, 6.07) is 12.0. The first-order valence-corrected chi connectivity index (χ1v) is 6.30. The summed E-state index contributed by atoms with van der Waals surface area (Å²) < 4.78 is 1.92. The summed E-state index contributed by atoms with van der Waals surface area (Å²) in [7, 11) is 0. The molecule has 0 unspecified atom stereocenters. The van der Waals surface area contributed by atoms with Crippen LogP contribution in [0.25, 0.3) is 27.8 Å². The third-order valence-electron chi connectivity index (χ3n) is 3.29. The molecule has 20 heavy (non-hydrogen) atoms. The van der Waals surface area contributed by atoms with E-state index in [1.54, 1.807) is 18.6 Å². The Morgan fingerprint density at radius 2 is 1.85 bits per heavy atom. The largest absolute Gasteiger partial charge is 0.278 e. The topological polar surface area (TPSA) is 59.4 Å². The highest BCUT2D eigenvalue weighted by atomic mass is 15.3. The van der Waals surface area contributed by atoms with E-state index in [1.807, 2.05) is 41.2 Å². The van der Waals surface area contributed by atoms with Gasteiger partial charge in [-0.3, -0.25) is 10.1 Å². The van der Waals surface area contributed by atoms with Gasteiger partial charge in [0.1, 0.15) is 0 Å². The molecule has 5 heteroatoms. The fraction of sp³-hybridized carbons (Fsp3) is 0. The van der Waals surface area contributed by atoms with Gasteiger partial charge in [0.25, 0.3) is 0 Å². The maximum absolute atomic E-state index is 4.42. The molecule has 4 aromatic rings. The van der Waals surface area contributed by atoms with E-state index in [2.05, 4.69) is 26.3 Å².